The van der Waals surface area contributed by atoms with Crippen molar-refractivity contribution >= 4 is 33.1 Å². The third-order valence-corrected chi connectivity index (χ3v) is 7.85. The van der Waals surface area contributed by atoms with Crippen molar-refractivity contribution in [2.24, 2.45) is 0 Å². The maximum atomic E-state index is 14.0. The Morgan fingerprint density at radius 1 is 0.868 bits per heavy atom. The summed E-state index contributed by atoms with van der Waals surface area (Å²) < 4.78 is 1.37. The Labute approximate surface area is 222 Å². The molecule has 0 N–H and O–H groups in total. The lowest BCUT2D eigenvalue weighted by Crippen LogP contribution is -2.44. The molecule has 1 fully saturated rings. The summed E-state index contributed by atoms with van der Waals surface area (Å²) in [6.45, 7) is 3.51. The number of nitrogens with zero attached hydrogens (tertiary/aromatic N) is 6. The van der Waals surface area contributed by atoms with Crippen LogP contribution in [0.3, 0.4) is 0 Å². The smallest absolute Gasteiger partial charge is 0.293 e. The second kappa shape index (κ2) is 9.81. The number of para-hydroxylation sites is 3. The number of piperazine rings is 1. The quantitative estimate of drug-likeness (QED) is 0.240. The van der Waals surface area contributed by atoms with E-state index in [-0.39, 0.29) is 16.9 Å². The second-order valence-electron chi connectivity index (χ2n) is 9.17. The van der Waals surface area contributed by atoms with Crippen LogP contribution in [0.2, 0.25) is 0 Å². The summed E-state index contributed by atoms with van der Waals surface area (Å²) in [6.07, 6.45) is 0. The summed E-state index contributed by atoms with van der Waals surface area (Å²) in [7, 11) is 2.10. The van der Waals surface area contributed by atoms with Gasteiger partial charge in [-0.1, -0.05) is 65.9 Å². The van der Waals surface area contributed by atoms with Crippen LogP contribution in [0.5, 0.6) is 0 Å². The maximum absolute atomic E-state index is 14.0. The maximum Gasteiger partial charge on any atom is 0.293 e. The lowest BCUT2D eigenvalue weighted by atomic mass is 10.1. The van der Waals surface area contributed by atoms with Crippen molar-refractivity contribution in [3.63, 3.8) is 0 Å². The lowest BCUT2D eigenvalue weighted by molar-refractivity contribution is -0.384. The number of likely N-dealkylation sites (N-methyl/N-ethyl adjacent to an activating group) is 1. The molecule has 10 heteroatoms. The van der Waals surface area contributed by atoms with Crippen LogP contribution < -0.4 is 10.5 Å². The van der Waals surface area contributed by atoms with Crippen LogP contribution in [0.4, 0.5) is 10.8 Å². The molecule has 0 unspecified atom stereocenters. The Hall–Kier alpha value is -4.41. The van der Waals surface area contributed by atoms with E-state index in [1.807, 2.05) is 36.4 Å². The normalized spacial score (nSPS) is 14.2. The highest BCUT2D eigenvalue weighted by atomic mass is 32.1. The van der Waals surface area contributed by atoms with E-state index in [0.29, 0.717) is 27.3 Å². The molecule has 0 spiro atoms. The van der Waals surface area contributed by atoms with E-state index in [0.717, 1.165) is 36.9 Å². The van der Waals surface area contributed by atoms with Crippen LogP contribution in [-0.4, -0.2) is 57.6 Å². The summed E-state index contributed by atoms with van der Waals surface area (Å²) in [4.78, 5) is 40.7. The molecule has 2 aromatic heterocycles. The minimum absolute atomic E-state index is 0.169. The molecule has 6 rings (SSSR count). The number of fused-ring (bicyclic) bond motifs is 1. The van der Waals surface area contributed by atoms with Gasteiger partial charge < -0.3 is 9.80 Å². The van der Waals surface area contributed by atoms with Crippen LogP contribution in [0, 0.1) is 10.1 Å². The van der Waals surface area contributed by atoms with E-state index < -0.39 is 4.92 Å². The molecule has 1 saturated heterocycles. The zero-order chi connectivity index (χ0) is 26.2. The number of nitro groups is 1. The fourth-order valence-corrected chi connectivity index (χ4v) is 5.82. The van der Waals surface area contributed by atoms with Gasteiger partial charge in [-0.15, -0.1) is 0 Å². The molecule has 0 radical (unpaired) electrons. The van der Waals surface area contributed by atoms with E-state index in [9.17, 15) is 14.9 Å². The van der Waals surface area contributed by atoms with Crippen molar-refractivity contribution in [3.8, 4) is 27.6 Å². The van der Waals surface area contributed by atoms with Gasteiger partial charge in [-0.3, -0.25) is 19.5 Å². The third-order valence-electron chi connectivity index (χ3n) is 6.74. The summed E-state index contributed by atoms with van der Waals surface area (Å²) >= 11 is 1.46. The van der Waals surface area contributed by atoms with Gasteiger partial charge in [-0.2, -0.15) is 0 Å². The van der Waals surface area contributed by atoms with Crippen molar-refractivity contribution in [2.45, 2.75) is 0 Å². The number of hydrogen-bond acceptors (Lipinski definition) is 8. The molecule has 0 atom stereocenters. The van der Waals surface area contributed by atoms with Crippen LogP contribution in [0.25, 0.3) is 38.5 Å². The van der Waals surface area contributed by atoms with Gasteiger partial charge >= 0.3 is 0 Å². The fourth-order valence-electron chi connectivity index (χ4n) is 4.70. The predicted molar refractivity (Wildman–Crippen MR) is 150 cm³/mol. The van der Waals surface area contributed by atoms with Gasteiger partial charge in [0, 0.05) is 37.8 Å². The summed E-state index contributed by atoms with van der Waals surface area (Å²) in [5.41, 5.74) is 1.74. The zero-order valence-electron chi connectivity index (χ0n) is 20.7. The molecule has 0 aliphatic carbocycles. The van der Waals surface area contributed by atoms with E-state index in [1.54, 1.807) is 36.4 Å². The highest BCUT2D eigenvalue weighted by molar-refractivity contribution is 7.19. The molecule has 38 heavy (non-hydrogen) atoms. The first-order valence-electron chi connectivity index (χ1n) is 12.3. The van der Waals surface area contributed by atoms with Gasteiger partial charge in [0.25, 0.3) is 11.2 Å². The van der Waals surface area contributed by atoms with E-state index in [4.69, 9.17) is 9.97 Å². The Balaban J connectivity index is 1.66. The third kappa shape index (κ3) is 4.23. The van der Waals surface area contributed by atoms with Gasteiger partial charge in [-0.25, -0.2) is 9.97 Å². The van der Waals surface area contributed by atoms with Gasteiger partial charge in [0.05, 0.1) is 21.5 Å². The molecular weight excluding hydrogens is 500 g/mol. The number of anilines is 1. The Morgan fingerprint density at radius 3 is 2.32 bits per heavy atom. The Bertz CT molecular complexity index is 1710. The molecular formula is C28H24N6O3S. The van der Waals surface area contributed by atoms with Crippen LogP contribution in [-0.2, 0) is 0 Å². The summed E-state index contributed by atoms with van der Waals surface area (Å²) in [5.74, 6) is 0.333. The molecule has 190 valence electrons. The van der Waals surface area contributed by atoms with Crippen molar-refractivity contribution < 1.29 is 4.92 Å². The monoisotopic (exact) mass is 524 g/mol. The number of thiazole rings is 1. The average Bonchev–Trinajstić information content (AvgIpc) is 3.39. The van der Waals surface area contributed by atoms with Gasteiger partial charge in [0.2, 0.25) is 0 Å². The average molecular weight is 525 g/mol. The van der Waals surface area contributed by atoms with Crippen molar-refractivity contribution in [3.05, 3.63) is 99.3 Å². The first kappa shape index (κ1) is 24.0. The molecule has 3 heterocycles. The standard InChI is InChI=1S/C28H24N6O3S/c1-31-15-17-32(18-16-31)28-30-24(19-9-3-2-4-10-19)25(38-28)26-29-21-12-6-5-11-20(21)27(35)33(26)22-13-7-8-14-23(22)34(36)37/h2-14H,15-18H2,1H3. The second-order valence-corrected chi connectivity index (χ2v) is 10.1. The van der Waals surface area contributed by atoms with Gasteiger partial charge in [0.1, 0.15) is 10.6 Å². The van der Waals surface area contributed by atoms with E-state index in [2.05, 4.69) is 16.8 Å². The molecule has 1 aliphatic rings. The fraction of sp³-hybridized carbons (Fsp3) is 0.179. The van der Waals surface area contributed by atoms with Crippen LogP contribution >= 0.6 is 11.3 Å². The molecule has 1 aliphatic heterocycles. The molecule has 0 saturated carbocycles. The van der Waals surface area contributed by atoms with Crippen molar-refractivity contribution in [1.82, 2.24) is 19.4 Å². The largest absolute Gasteiger partial charge is 0.345 e. The highest BCUT2D eigenvalue weighted by Crippen LogP contribution is 2.41. The zero-order valence-corrected chi connectivity index (χ0v) is 21.5. The minimum Gasteiger partial charge on any atom is -0.345 e. The van der Waals surface area contributed by atoms with Crippen molar-refractivity contribution in [2.75, 3.05) is 38.1 Å². The minimum atomic E-state index is -0.471. The summed E-state index contributed by atoms with van der Waals surface area (Å²) in [5, 5.41) is 13.2. The first-order chi connectivity index (χ1) is 18.5. The number of nitro benzene ring substituents is 1. The Kier molecular flexibility index (Phi) is 6.18. The molecule has 0 bridgehead atoms. The summed E-state index contributed by atoms with van der Waals surface area (Å²) in [6, 6.07) is 23.1. The lowest BCUT2D eigenvalue weighted by Gasteiger charge is -2.32. The van der Waals surface area contributed by atoms with Gasteiger partial charge in [-0.05, 0) is 25.2 Å². The van der Waals surface area contributed by atoms with Gasteiger partial charge in [0.15, 0.2) is 11.0 Å². The van der Waals surface area contributed by atoms with E-state index in [1.165, 1.54) is 22.0 Å². The SMILES string of the molecule is CN1CCN(c2nc(-c3ccccc3)c(-c3nc4ccccc4c(=O)n3-c3ccccc3[N+](=O)[O-])s2)CC1. The molecule has 5 aromatic rings. The topological polar surface area (TPSA) is 97.4 Å². The first-order valence-corrected chi connectivity index (χ1v) is 13.1. The number of rotatable bonds is 5. The Morgan fingerprint density at radius 2 is 1.55 bits per heavy atom. The molecule has 9 nitrogen and oxygen atoms in total. The number of hydrogen-bond donors (Lipinski definition) is 0. The number of benzene rings is 3. The van der Waals surface area contributed by atoms with Crippen molar-refractivity contribution in [1.29, 1.82) is 0 Å². The van der Waals surface area contributed by atoms with Crippen LogP contribution in [0.15, 0.2) is 83.7 Å². The van der Waals surface area contributed by atoms with E-state index >= 15 is 0 Å². The van der Waals surface area contributed by atoms with Crippen LogP contribution in [0.1, 0.15) is 0 Å². The highest BCUT2D eigenvalue weighted by Gasteiger charge is 2.27. The number of aromatic nitrogens is 3. The predicted octanol–water partition coefficient (Wildman–Crippen LogP) is 4.84. The molecule has 3 aromatic carbocycles. The molecule has 0 amide bonds.